The van der Waals surface area contributed by atoms with Crippen LogP contribution < -0.4 is 20.1 Å². The summed E-state index contributed by atoms with van der Waals surface area (Å²) in [5.74, 6) is 0.981. The minimum atomic E-state index is -0.0744. The number of amides is 1. The maximum Gasteiger partial charge on any atom is 0.224 e. The number of nitrogens with one attached hydrogen (secondary N) is 2. The number of carbonyl (C=O) groups excluding carboxylic acids is 1. The molecule has 0 radical (unpaired) electrons. The fraction of sp³-hybridized carbons (Fsp3) is 0.533. The molecule has 1 aromatic carbocycles. The molecule has 0 aliphatic carbocycles. The SMILES string of the molecule is COc1cc(Cl)c(NC(=O)CCCNC(C)C)cc1OC. The molecule has 0 aromatic heterocycles. The maximum absolute atomic E-state index is 11.9. The summed E-state index contributed by atoms with van der Waals surface area (Å²) in [6.45, 7) is 4.96. The van der Waals surface area contributed by atoms with Crippen LogP contribution in [-0.4, -0.2) is 32.7 Å². The Labute approximate surface area is 131 Å². The van der Waals surface area contributed by atoms with Crippen molar-refractivity contribution in [1.29, 1.82) is 0 Å². The molecule has 1 aromatic rings. The zero-order chi connectivity index (χ0) is 15.8. The third-order valence-corrected chi connectivity index (χ3v) is 3.19. The van der Waals surface area contributed by atoms with Crippen LogP contribution in [0, 0.1) is 0 Å². The highest BCUT2D eigenvalue weighted by Crippen LogP contribution is 2.36. The van der Waals surface area contributed by atoms with Crippen LogP contribution in [-0.2, 0) is 4.79 Å². The monoisotopic (exact) mass is 314 g/mol. The van der Waals surface area contributed by atoms with Crippen molar-refractivity contribution >= 4 is 23.2 Å². The Morgan fingerprint density at radius 3 is 2.43 bits per heavy atom. The molecule has 0 atom stereocenters. The van der Waals surface area contributed by atoms with Crippen LogP contribution in [0.15, 0.2) is 12.1 Å². The van der Waals surface area contributed by atoms with Gasteiger partial charge in [0.25, 0.3) is 0 Å². The molecule has 0 saturated heterocycles. The van der Waals surface area contributed by atoms with E-state index in [-0.39, 0.29) is 5.91 Å². The van der Waals surface area contributed by atoms with Gasteiger partial charge in [0.15, 0.2) is 11.5 Å². The van der Waals surface area contributed by atoms with Crippen LogP contribution in [0.2, 0.25) is 5.02 Å². The average Bonchev–Trinajstić information content (AvgIpc) is 2.45. The van der Waals surface area contributed by atoms with E-state index in [2.05, 4.69) is 24.5 Å². The van der Waals surface area contributed by atoms with E-state index in [0.29, 0.717) is 34.7 Å². The lowest BCUT2D eigenvalue weighted by Gasteiger charge is -2.13. The normalized spacial score (nSPS) is 10.6. The first-order valence-corrected chi connectivity index (χ1v) is 7.30. The molecule has 0 spiro atoms. The summed E-state index contributed by atoms with van der Waals surface area (Å²) >= 11 is 6.12. The molecule has 0 heterocycles. The number of rotatable bonds is 8. The molecule has 2 N–H and O–H groups in total. The Kier molecular flexibility index (Phi) is 7.32. The Balaban J connectivity index is 2.59. The van der Waals surface area contributed by atoms with E-state index in [1.165, 1.54) is 14.2 Å². The molecule has 0 unspecified atom stereocenters. The molecule has 1 rings (SSSR count). The second-order valence-corrected chi connectivity index (χ2v) is 5.35. The Bertz CT molecular complexity index is 478. The molecule has 0 fully saturated rings. The lowest BCUT2D eigenvalue weighted by Crippen LogP contribution is -2.24. The average molecular weight is 315 g/mol. The van der Waals surface area contributed by atoms with Crippen LogP contribution in [0.3, 0.4) is 0 Å². The highest BCUT2D eigenvalue weighted by atomic mass is 35.5. The minimum absolute atomic E-state index is 0.0744. The van der Waals surface area contributed by atoms with Crippen molar-refractivity contribution < 1.29 is 14.3 Å². The van der Waals surface area contributed by atoms with Gasteiger partial charge in [-0.15, -0.1) is 0 Å². The van der Waals surface area contributed by atoms with Crippen molar-refractivity contribution in [3.05, 3.63) is 17.2 Å². The van der Waals surface area contributed by atoms with Gasteiger partial charge in [-0.3, -0.25) is 4.79 Å². The third kappa shape index (κ3) is 5.81. The first-order chi connectivity index (χ1) is 9.97. The second kappa shape index (κ2) is 8.74. The Morgan fingerprint density at radius 2 is 1.86 bits per heavy atom. The number of hydrogen-bond acceptors (Lipinski definition) is 4. The van der Waals surface area contributed by atoms with E-state index >= 15 is 0 Å². The number of carbonyl (C=O) groups is 1. The van der Waals surface area contributed by atoms with Gasteiger partial charge in [-0.1, -0.05) is 25.4 Å². The zero-order valence-corrected chi connectivity index (χ0v) is 13.7. The molecular weight excluding hydrogens is 292 g/mol. The number of methoxy groups -OCH3 is 2. The largest absolute Gasteiger partial charge is 0.493 e. The van der Waals surface area contributed by atoms with Gasteiger partial charge in [0.05, 0.1) is 24.9 Å². The quantitative estimate of drug-likeness (QED) is 0.724. The number of hydrogen-bond donors (Lipinski definition) is 2. The van der Waals surface area contributed by atoms with E-state index in [1.807, 2.05) is 0 Å². The van der Waals surface area contributed by atoms with Gasteiger partial charge in [-0.2, -0.15) is 0 Å². The predicted octanol–water partition coefficient (Wildman–Crippen LogP) is 3.07. The maximum atomic E-state index is 11.9. The van der Waals surface area contributed by atoms with Crippen LogP contribution in [0.4, 0.5) is 5.69 Å². The molecule has 0 saturated carbocycles. The van der Waals surface area contributed by atoms with Crippen molar-refractivity contribution in [1.82, 2.24) is 5.32 Å². The Morgan fingerprint density at radius 1 is 1.24 bits per heavy atom. The van der Waals surface area contributed by atoms with E-state index in [9.17, 15) is 4.79 Å². The minimum Gasteiger partial charge on any atom is -0.493 e. The summed E-state index contributed by atoms with van der Waals surface area (Å²) in [7, 11) is 3.07. The van der Waals surface area contributed by atoms with E-state index < -0.39 is 0 Å². The fourth-order valence-corrected chi connectivity index (χ4v) is 2.00. The summed E-state index contributed by atoms with van der Waals surface area (Å²) in [6, 6.07) is 3.70. The van der Waals surface area contributed by atoms with Crippen molar-refractivity contribution in [3.63, 3.8) is 0 Å². The first-order valence-electron chi connectivity index (χ1n) is 6.92. The van der Waals surface area contributed by atoms with Crippen molar-refractivity contribution in [3.8, 4) is 11.5 Å². The van der Waals surface area contributed by atoms with Crippen molar-refractivity contribution in [2.75, 3.05) is 26.1 Å². The number of anilines is 1. The van der Waals surface area contributed by atoms with Crippen molar-refractivity contribution in [2.24, 2.45) is 0 Å². The summed E-state index contributed by atoms with van der Waals surface area (Å²) in [5.41, 5.74) is 0.524. The van der Waals surface area contributed by atoms with Gasteiger partial charge in [0, 0.05) is 24.6 Å². The van der Waals surface area contributed by atoms with Gasteiger partial charge < -0.3 is 20.1 Å². The lowest BCUT2D eigenvalue weighted by atomic mass is 10.2. The molecule has 0 bridgehead atoms. The second-order valence-electron chi connectivity index (χ2n) is 4.95. The molecule has 0 aliphatic rings. The summed E-state index contributed by atoms with van der Waals surface area (Å²) < 4.78 is 10.3. The first kappa shape index (κ1) is 17.6. The van der Waals surface area contributed by atoms with Crippen LogP contribution in [0.1, 0.15) is 26.7 Å². The van der Waals surface area contributed by atoms with Gasteiger partial charge in [0.1, 0.15) is 0 Å². The highest BCUT2D eigenvalue weighted by molar-refractivity contribution is 6.34. The topological polar surface area (TPSA) is 59.6 Å². The molecule has 118 valence electrons. The van der Waals surface area contributed by atoms with Crippen LogP contribution in [0.25, 0.3) is 0 Å². The zero-order valence-electron chi connectivity index (χ0n) is 13.0. The van der Waals surface area contributed by atoms with Gasteiger partial charge in [-0.05, 0) is 13.0 Å². The van der Waals surface area contributed by atoms with Gasteiger partial charge in [0.2, 0.25) is 5.91 Å². The number of ether oxygens (including phenoxy) is 2. The summed E-state index contributed by atoms with van der Waals surface area (Å²) in [4.78, 5) is 11.9. The van der Waals surface area contributed by atoms with E-state index in [1.54, 1.807) is 12.1 Å². The van der Waals surface area contributed by atoms with Crippen molar-refractivity contribution in [2.45, 2.75) is 32.7 Å². The van der Waals surface area contributed by atoms with E-state index in [0.717, 1.165) is 13.0 Å². The van der Waals surface area contributed by atoms with Gasteiger partial charge >= 0.3 is 0 Å². The lowest BCUT2D eigenvalue weighted by molar-refractivity contribution is -0.116. The predicted molar refractivity (Wildman–Crippen MR) is 85.6 cm³/mol. The standard InChI is InChI=1S/C15H23ClN2O3/c1-10(2)17-7-5-6-15(19)18-12-9-14(21-4)13(20-3)8-11(12)16/h8-10,17H,5-7H2,1-4H3,(H,18,19). The fourth-order valence-electron chi connectivity index (χ4n) is 1.80. The highest BCUT2D eigenvalue weighted by Gasteiger charge is 2.12. The molecule has 5 nitrogen and oxygen atoms in total. The van der Waals surface area contributed by atoms with Crippen LogP contribution in [0.5, 0.6) is 11.5 Å². The molecule has 6 heteroatoms. The third-order valence-electron chi connectivity index (χ3n) is 2.88. The number of halogens is 1. The molecule has 0 aliphatic heterocycles. The summed E-state index contributed by atoms with van der Waals surface area (Å²) in [6.07, 6.45) is 1.21. The number of benzene rings is 1. The van der Waals surface area contributed by atoms with Gasteiger partial charge in [-0.25, -0.2) is 0 Å². The summed E-state index contributed by atoms with van der Waals surface area (Å²) in [5, 5.41) is 6.47. The van der Waals surface area contributed by atoms with Crippen LogP contribution >= 0.6 is 11.6 Å². The Hall–Kier alpha value is -1.46. The van der Waals surface area contributed by atoms with E-state index in [4.69, 9.17) is 21.1 Å². The smallest absolute Gasteiger partial charge is 0.224 e. The molecule has 21 heavy (non-hydrogen) atoms. The molecule has 1 amide bonds. The molecular formula is C15H23ClN2O3.